The molecular formula is C14H19FN2O2. The van der Waals surface area contributed by atoms with Crippen LogP contribution in [-0.2, 0) is 4.79 Å². The lowest BCUT2D eigenvalue weighted by Gasteiger charge is -2.15. The summed E-state index contributed by atoms with van der Waals surface area (Å²) in [7, 11) is 0. The van der Waals surface area contributed by atoms with Crippen LogP contribution in [0, 0.1) is 5.82 Å². The zero-order valence-electron chi connectivity index (χ0n) is 10.8. The number of nitrogens with two attached hydrogens (primary N) is 1. The van der Waals surface area contributed by atoms with Crippen molar-refractivity contribution in [2.75, 3.05) is 19.7 Å². The largest absolute Gasteiger partial charge is 0.494 e. The maximum absolute atomic E-state index is 12.7. The SMILES string of the molecule is N[C@@H]1CCN(C(=O)CCCOc2ccc(F)cc2)C1. The molecular weight excluding hydrogens is 247 g/mol. The molecule has 0 aliphatic carbocycles. The Balaban J connectivity index is 1.64. The molecule has 1 aliphatic rings. The van der Waals surface area contributed by atoms with Gasteiger partial charge in [0.15, 0.2) is 0 Å². The van der Waals surface area contributed by atoms with Crippen molar-refractivity contribution in [1.29, 1.82) is 0 Å². The Morgan fingerprint density at radius 3 is 2.79 bits per heavy atom. The van der Waals surface area contributed by atoms with E-state index in [0.717, 1.165) is 13.0 Å². The number of carbonyl (C=O) groups excluding carboxylic acids is 1. The molecule has 0 unspecified atom stereocenters. The third-order valence-electron chi connectivity index (χ3n) is 3.19. The van der Waals surface area contributed by atoms with Crippen LogP contribution in [0.4, 0.5) is 4.39 Å². The number of benzene rings is 1. The van der Waals surface area contributed by atoms with Gasteiger partial charge in [0.05, 0.1) is 6.61 Å². The summed E-state index contributed by atoms with van der Waals surface area (Å²) in [6.07, 6.45) is 2.01. The van der Waals surface area contributed by atoms with Crippen LogP contribution in [0.2, 0.25) is 0 Å². The average Bonchev–Trinajstić information content (AvgIpc) is 2.83. The molecule has 2 N–H and O–H groups in total. The minimum atomic E-state index is -0.284. The highest BCUT2D eigenvalue weighted by atomic mass is 19.1. The minimum absolute atomic E-state index is 0.124. The van der Waals surface area contributed by atoms with Crippen LogP contribution in [0.5, 0.6) is 5.75 Å². The molecule has 104 valence electrons. The Morgan fingerprint density at radius 1 is 1.42 bits per heavy atom. The van der Waals surface area contributed by atoms with E-state index in [0.29, 0.717) is 31.7 Å². The maximum atomic E-state index is 12.7. The van der Waals surface area contributed by atoms with E-state index in [-0.39, 0.29) is 17.8 Å². The first-order valence-electron chi connectivity index (χ1n) is 6.57. The van der Waals surface area contributed by atoms with E-state index < -0.39 is 0 Å². The van der Waals surface area contributed by atoms with Crippen LogP contribution in [0.3, 0.4) is 0 Å². The molecule has 1 atom stereocenters. The van der Waals surface area contributed by atoms with Gasteiger partial charge in [0.2, 0.25) is 5.91 Å². The van der Waals surface area contributed by atoms with Gasteiger partial charge in [0, 0.05) is 25.6 Å². The van der Waals surface area contributed by atoms with Crippen LogP contribution in [0.25, 0.3) is 0 Å². The molecule has 0 bridgehead atoms. The fraction of sp³-hybridized carbons (Fsp3) is 0.500. The molecule has 1 saturated heterocycles. The first-order valence-corrected chi connectivity index (χ1v) is 6.57. The Hall–Kier alpha value is -1.62. The summed E-state index contributed by atoms with van der Waals surface area (Å²) in [4.78, 5) is 13.6. The summed E-state index contributed by atoms with van der Waals surface area (Å²) in [5, 5.41) is 0. The lowest BCUT2D eigenvalue weighted by molar-refractivity contribution is -0.130. The molecule has 0 radical (unpaired) electrons. The lowest BCUT2D eigenvalue weighted by atomic mass is 10.3. The standard InChI is InChI=1S/C14H19FN2O2/c15-11-3-5-13(6-4-11)19-9-1-2-14(18)17-8-7-12(16)10-17/h3-6,12H,1-2,7-10,16H2/t12-/m1/s1. The number of halogens is 1. The van der Waals surface area contributed by atoms with E-state index in [9.17, 15) is 9.18 Å². The Morgan fingerprint density at radius 2 is 2.16 bits per heavy atom. The van der Waals surface area contributed by atoms with Crippen molar-refractivity contribution in [1.82, 2.24) is 4.90 Å². The number of nitrogens with zero attached hydrogens (tertiary/aromatic N) is 1. The average molecular weight is 266 g/mol. The van der Waals surface area contributed by atoms with Crippen LogP contribution in [0.15, 0.2) is 24.3 Å². The fourth-order valence-electron chi connectivity index (χ4n) is 2.12. The molecule has 1 heterocycles. The quantitative estimate of drug-likeness (QED) is 0.823. The number of rotatable bonds is 5. The van der Waals surface area contributed by atoms with Gasteiger partial charge in [-0.1, -0.05) is 0 Å². The first-order chi connectivity index (χ1) is 9.15. The third kappa shape index (κ3) is 4.21. The second-order valence-electron chi connectivity index (χ2n) is 4.79. The third-order valence-corrected chi connectivity index (χ3v) is 3.19. The summed E-state index contributed by atoms with van der Waals surface area (Å²) < 4.78 is 18.1. The minimum Gasteiger partial charge on any atom is -0.494 e. The van der Waals surface area contributed by atoms with E-state index >= 15 is 0 Å². The highest BCUT2D eigenvalue weighted by molar-refractivity contribution is 5.76. The first kappa shape index (κ1) is 13.8. The molecule has 1 amide bonds. The maximum Gasteiger partial charge on any atom is 0.222 e. The second kappa shape index (κ2) is 6.52. The Kier molecular flexibility index (Phi) is 4.74. The van der Waals surface area contributed by atoms with Gasteiger partial charge in [0.25, 0.3) is 0 Å². The summed E-state index contributed by atoms with van der Waals surface area (Å²) in [5.41, 5.74) is 5.76. The zero-order valence-corrected chi connectivity index (χ0v) is 10.8. The summed E-state index contributed by atoms with van der Waals surface area (Å²) in [6.45, 7) is 1.88. The van der Waals surface area contributed by atoms with Crippen molar-refractivity contribution in [2.24, 2.45) is 5.73 Å². The molecule has 1 fully saturated rings. The number of ether oxygens (including phenoxy) is 1. The normalized spacial score (nSPS) is 18.6. The van der Waals surface area contributed by atoms with Crippen molar-refractivity contribution >= 4 is 5.91 Å². The topological polar surface area (TPSA) is 55.6 Å². The van der Waals surface area contributed by atoms with E-state index in [2.05, 4.69) is 0 Å². The molecule has 4 nitrogen and oxygen atoms in total. The lowest BCUT2D eigenvalue weighted by Crippen LogP contribution is -2.31. The van der Waals surface area contributed by atoms with Crippen molar-refractivity contribution in [2.45, 2.75) is 25.3 Å². The zero-order chi connectivity index (χ0) is 13.7. The van der Waals surface area contributed by atoms with Gasteiger partial charge < -0.3 is 15.4 Å². The highest BCUT2D eigenvalue weighted by Gasteiger charge is 2.22. The predicted molar refractivity (Wildman–Crippen MR) is 70.3 cm³/mol. The predicted octanol–water partition coefficient (Wildman–Crippen LogP) is 1.54. The number of carbonyl (C=O) groups is 1. The van der Waals surface area contributed by atoms with E-state index in [1.807, 2.05) is 4.90 Å². The van der Waals surface area contributed by atoms with Gasteiger partial charge in [-0.2, -0.15) is 0 Å². The summed E-state index contributed by atoms with van der Waals surface area (Å²) >= 11 is 0. The van der Waals surface area contributed by atoms with Crippen molar-refractivity contribution < 1.29 is 13.9 Å². The molecule has 2 rings (SSSR count). The molecule has 19 heavy (non-hydrogen) atoms. The molecule has 1 aromatic carbocycles. The monoisotopic (exact) mass is 266 g/mol. The second-order valence-corrected chi connectivity index (χ2v) is 4.79. The molecule has 1 aromatic rings. The fourth-order valence-corrected chi connectivity index (χ4v) is 2.12. The Bertz CT molecular complexity index is 422. The van der Waals surface area contributed by atoms with Gasteiger partial charge in [-0.05, 0) is 37.1 Å². The van der Waals surface area contributed by atoms with E-state index in [4.69, 9.17) is 10.5 Å². The number of hydrogen-bond donors (Lipinski definition) is 1. The highest BCUT2D eigenvalue weighted by Crippen LogP contribution is 2.13. The van der Waals surface area contributed by atoms with Crippen LogP contribution >= 0.6 is 0 Å². The Labute approximate surface area is 112 Å². The number of hydrogen-bond acceptors (Lipinski definition) is 3. The van der Waals surface area contributed by atoms with Gasteiger partial charge >= 0.3 is 0 Å². The number of likely N-dealkylation sites (tertiary alicyclic amines) is 1. The van der Waals surface area contributed by atoms with Crippen LogP contribution in [-0.4, -0.2) is 36.5 Å². The van der Waals surface area contributed by atoms with Crippen molar-refractivity contribution in [3.8, 4) is 5.75 Å². The summed E-state index contributed by atoms with van der Waals surface area (Å²) in [5.74, 6) is 0.473. The molecule has 0 spiro atoms. The van der Waals surface area contributed by atoms with Gasteiger partial charge in [0.1, 0.15) is 11.6 Å². The van der Waals surface area contributed by atoms with Crippen LogP contribution in [0.1, 0.15) is 19.3 Å². The van der Waals surface area contributed by atoms with E-state index in [1.165, 1.54) is 12.1 Å². The van der Waals surface area contributed by atoms with Crippen molar-refractivity contribution in [3.05, 3.63) is 30.1 Å². The molecule has 0 aromatic heterocycles. The molecule has 5 heteroatoms. The van der Waals surface area contributed by atoms with Crippen molar-refractivity contribution in [3.63, 3.8) is 0 Å². The summed E-state index contributed by atoms with van der Waals surface area (Å²) in [6, 6.07) is 5.99. The molecule has 0 saturated carbocycles. The number of amides is 1. The smallest absolute Gasteiger partial charge is 0.222 e. The van der Waals surface area contributed by atoms with Crippen LogP contribution < -0.4 is 10.5 Å². The van der Waals surface area contributed by atoms with Gasteiger partial charge in [-0.15, -0.1) is 0 Å². The van der Waals surface area contributed by atoms with E-state index in [1.54, 1.807) is 12.1 Å². The molecule has 1 aliphatic heterocycles. The van der Waals surface area contributed by atoms with Gasteiger partial charge in [-0.25, -0.2) is 4.39 Å². The van der Waals surface area contributed by atoms with Gasteiger partial charge in [-0.3, -0.25) is 4.79 Å².